The number of Topliss-reactive ketones (excluding diaryl/α,β-unsaturated/α-hetero) is 1. The molecule has 17 heavy (non-hydrogen) atoms. The van der Waals surface area contributed by atoms with Crippen molar-refractivity contribution in [2.75, 3.05) is 6.61 Å². The zero-order valence-corrected chi connectivity index (χ0v) is 13.5. The Morgan fingerprint density at radius 1 is 1.35 bits per heavy atom. The summed E-state index contributed by atoms with van der Waals surface area (Å²) >= 11 is 0. The van der Waals surface area contributed by atoms with Gasteiger partial charge in [0.05, 0.1) is 0 Å². The summed E-state index contributed by atoms with van der Waals surface area (Å²) in [5.74, 6) is 0.535. The van der Waals surface area contributed by atoms with Gasteiger partial charge in [-0.2, -0.15) is 0 Å². The van der Waals surface area contributed by atoms with Gasteiger partial charge in [-0.15, -0.1) is 0 Å². The summed E-state index contributed by atoms with van der Waals surface area (Å²) in [5, 5.41) is 0.226. The van der Waals surface area contributed by atoms with Crippen LogP contribution in [0.1, 0.15) is 47.5 Å². The topological polar surface area (TPSA) is 26.3 Å². The number of rotatable bonds is 3. The van der Waals surface area contributed by atoms with E-state index in [1.807, 2.05) is 0 Å². The average molecular weight is 256 g/mol. The van der Waals surface area contributed by atoms with E-state index in [4.69, 9.17) is 4.43 Å². The van der Waals surface area contributed by atoms with E-state index >= 15 is 0 Å². The number of carbonyl (C=O) groups excluding carboxylic acids is 1. The fourth-order valence-corrected chi connectivity index (χ4v) is 3.20. The van der Waals surface area contributed by atoms with Crippen LogP contribution >= 0.6 is 0 Å². The molecule has 1 unspecified atom stereocenters. The van der Waals surface area contributed by atoms with Gasteiger partial charge in [-0.3, -0.25) is 4.79 Å². The quantitative estimate of drug-likeness (QED) is 0.713. The van der Waals surface area contributed by atoms with E-state index in [2.05, 4.69) is 47.7 Å². The molecule has 0 heterocycles. The van der Waals surface area contributed by atoms with Crippen LogP contribution < -0.4 is 0 Å². The second-order valence-corrected chi connectivity index (χ2v) is 12.6. The summed E-state index contributed by atoms with van der Waals surface area (Å²) < 4.78 is 6.16. The van der Waals surface area contributed by atoms with Gasteiger partial charge in [-0.1, -0.05) is 34.6 Å². The zero-order chi connectivity index (χ0) is 13.5. The second-order valence-electron chi connectivity index (χ2n) is 7.78. The van der Waals surface area contributed by atoms with Gasteiger partial charge in [0.25, 0.3) is 0 Å². The van der Waals surface area contributed by atoms with Crippen molar-refractivity contribution in [3.8, 4) is 0 Å². The van der Waals surface area contributed by atoms with E-state index in [-0.39, 0.29) is 16.4 Å². The van der Waals surface area contributed by atoms with E-state index in [0.29, 0.717) is 12.4 Å². The van der Waals surface area contributed by atoms with E-state index in [0.717, 1.165) is 12.8 Å². The van der Waals surface area contributed by atoms with Crippen LogP contribution in [0.4, 0.5) is 0 Å². The van der Waals surface area contributed by atoms with Crippen LogP contribution in [-0.4, -0.2) is 20.7 Å². The van der Waals surface area contributed by atoms with Crippen molar-refractivity contribution in [1.82, 2.24) is 0 Å². The maximum absolute atomic E-state index is 11.9. The highest BCUT2D eigenvalue weighted by molar-refractivity contribution is 6.74. The molecule has 1 fully saturated rings. The minimum Gasteiger partial charge on any atom is -0.416 e. The van der Waals surface area contributed by atoms with Crippen LogP contribution in [-0.2, 0) is 9.22 Å². The van der Waals surface area contributed by atoms with E-state index in [1.165, 1.54) is 0 Å². The molecule has 0 aliphatic heterocycles. The number of hydrogen-bond donors (Lipinski definition) is 0. The van der Waals surface area contributed by atoms with Gasteiger partial charge in [0.15, 0.2) is 8.32 Å². The summed E-state index contributed by atoms with van der Waals surface area (Å²) in [6.07, 6.45) is 1.71. The third-order valence-corrected chi connectivity index (χ3v) is 8.86. The molecule has 3 heteroatoms. The van der Waals surface area contributed by atoms with Crippen molar-refractivity contribution in [3.05, 3.63) is 0 Å². The highest BCUT2D eigenvalue weighted by Crippen LogP contribution is 2.41. The Morgan fingerprint density at radius 2 is 1.88 bits per heavy atom. The third kappa shape index (κ3) is 3.65. The molecule has 0 aromatic heterocycles. The summed E-state index contributed by atoms with van der Waals surface area (Å²) in [6, 6.07) is 0. The standard InChI is InChI=1S/C14H28O2Si/c1-13(2,3)17(6,7)16-10-11-8-14(4,5)9-12(11)15/h11H,8-10H2,1-7H3. The molecule has 1 aliphatic rings. The van der Waals surface area contributed by atoms with E-state index in [9.17, 15) is 4.79 Å². The first kappa shape index (κ1) is 14.9. The molecule has 0 spiro atoms. The van der Waals surface area contributed by atoms with Crippen molar-refractivity contribution < 1.29 is 9.22 Å². The van der Waals surface area contributed by atoms with Crippen molar-refractivity contribution in [2.45, 2.75) is 65.6 Å². The Hall–Kier alpha value is -0.153. The van der Waals surface area contributed by atoms with Gasteiger partial charge in [0, 0.05) is 18.9 Å². The Kier molecular flexibility index (Phi) is 3.95. The lowest BCUT2D eigenvalue weighted by molar-refractivity contribution is -0.121. The molecule has 0 radical (unpaired) electrons. The van der Waals surface area contributed by atoms with Gasteiger partial charge in [0.2, 0.25) is 0 Å². The molecule has 0 amide bonds. The Morgan fingerprint density at radius 3 is 2.24 bits per heavy atom. The normalized spacial score (nSPS) is 25.4. The fourth-order valence-electron chi connectivity index (χ4n) is 2.15. The average Bonchev–Trinajstić information content (AvgIpc) is 2.34. The Bertz CT molecular complexity index is 300. The molecular formula is C14H28O2Si. The summed E-state index contributed by atoms with van der Waals surface area (Å²) in [7, 11) is -1.70. The van der Waals surface area contributed by atoms with E-state index < -0.39 is 8.32 Å². The van der Waals surface area contributed by atoms with Gasteiger partial charge in [-0.25, -0.2) is 0 Å². The summed E-state index contributed by atoms with van der Waals surface area (Å²) in [4.78, 5) is 11.9. The van der Waals surface area contributed by atoms with Gasteiger partial charge in [-0.05, 0) is 30.0 Å². The molecule has 0 aromatic rings. The maximum atomic E-state index is 11.9. The minimum absolute atomic E-state index is 0.138. The first-order chi connectivity index (χ1) is 7.45. The molecule has 2 nitrogen and oxygen atoms in total. The molecule has 1 aliphatic carbocycles. The maximum Gasteiger partial charge on any atom is 0.192 e. The lowest BCUT2D eigenvalue weighted by Crippen LogP contribution is -2.42. The smallest absolute Gasteiger partial charge is 0.192 e. The first-order valence-corrected chi connectivity index (χ1v) is 9.52. The van der Waals surface area contributed by atoms with Gasteiger partial charge >= 0.3 is 0 Å². The van der Waals surface area contributed by atoms with Crippen LogP contribution in [0.3, 0.4) is 0 Å². The molecule has 1 atom stereocenters. The van der Waals surface area contributed by atoms with Crippen LogP contribution in [0.15, 0.2) is 0 Å². The number of ketones is 1. The molecule has 1 rings (SSSR count). The minimum atomic E-state index is -1.70. The van der Waals surface area contributed by atoms with E-state index in [1.54, 1.807) is 0 Å². The fraction of sp³-hybridized carbons (Fsp3) is 0.929. The van der Waals surface area contributed by atoms with Crippen molar-refractivity contribution in [1.29, 1.82) is 0 Å². The number of carbonyl (C=O) groups is 1. The largest absolute Gasteiger partial charge is 0.416 e. The molecule has 0 aromatic carbocycles. The lowest BCUT2D eigenvalue weighted by Gasteiger charge is -2.36. The predicted molar refractivity (Wildman–Crippen MR) is 74.7 cm³/mol. The monoisotopic (exact) mass is 256 g/mol. The molecule has 0 saturated heterocycles. The van der Waals surface area contributed by atoms with Crippen molar-refractivity contribution in [3.63, 3.8) is 0 Å². The molecule has 0 bridgehead atoms. The van der Waals surface area contributed by atoms with Crippen molar-refractivity contribution in [2.24, 2.45) is 11.3 Å². The molecule has 1 saturated carbocycles. The highest BCUT2D eigenvalue weighted by atomic mass is 28.4. The van der Waals surface area contributed by atoms with Crippen LogP contribution in [0.2, 0.25) is 18.1 Å². The Labute approximate surface area is 107 Å². The van der Waals surface area contributed by atoms with Crippen molar-refractivity contribution >= 4 is 14.1 Å². The molecular weight excluding hydrogens is 228 g/mol. The Balaban J connectivity index is 2.56. The summed E-state index contributed by atoms with van der Waals surface area (Å²) in [5.41, 5.74) is 0.179. The predicted octanol–water partition coefficient (Wildman–Crippen LogP) is 4.01. The summed E-state index contributed by atoms with van der Waals surface area (Å²) in [6.45, 7) is 16.2. The van der Waals surface area contributed by atoms with Gasteiger partial charge in [0.1, 0.15) is 5.78 Å². The highest BCUT2D eigenvalue weighted by Gasteiger charge is 2.41. The molecule has 0 N–H and O–H groups in total. The number of hydrogen-bond acceptors (Lipinski definition) is 2. The van der Waals surface area contributed by atoms with Crippen LogP contribution in [0.5, 0.6) is 0 Å². The SMILES string of the molecule is CC1(C)CC(=O)C(CO[Si](C)(C)C(C)(C)C)C1. The zero-order valence-electron chi connectivity index (χ0n) is 12.5. The van der Waals surface area contributed by atoms with Gasteiger partial charge < -0.3 is 4.43 Å². The second kappa shape index (κ2) is 4.50. The first-order valence-electron chi connectivity index (χ1n) is 6.61. The third-order valence-electron chi connectivity index (χ3n) is 4.36. The lowest BCUT2D eigenvalue weighted by atomic mass is 9.91. The van der Waals surface area contributed by atoms with Crippen LogP contribution in [0.25, 0.3) is 0 Å². The van der Waals surface area contributed by atoms with Crippen LogP contribution in [0, 0.1) is 11.3 Å². The molecule has 100 valence electrons.